The minimum atomic E-state index is 0.195. The Morgan fingerprint density at radius 1 is 1.35 bits per heavy atom. The van der Waals surface area contributed by atoms with Crippen molar-refractivity contribution in [2.24, 2.45) is 5.92 Å². The van der Waals surface area contributed by atoms with Crippen LogP contribution in [0.25, 0.3) is 0 Å². The summed E-state index contributed by atoms with van der Waals surface area (Å²) in [5.74, 6) is 1.05. The molecule has 1 aromatic carbocycles. The Kier molecular flexibility index (Phi) is 5.18. The van der Waals surface area contributed by atoms with Crippen LogP contribution in [0, 0.1) is 5.92 Å². The van der Waals surface area contributed by atoms with E-state index in [-0.39, 0.29) is 18.4 Å². The second-order valence-corrected chi connectivity index (χ2v) is 6.07. The van der Waals surface area contributed by atoms with Gasteiger partial charge in [-0.3, -0.25) is 4.79 Å². The molecule has 0 radical (unpaired) electrons. The molecule has 3 nitrogen and oxygen atoms in total. The molecule has 1 aliphatic rings. The number of benzene rings is 1. The van der Waals surface area contributed by atoms with Crippen molar-refractivity contribution in [2.45, 2.75) is 39.0 Å². The smallest absolute Gasteiger partial charge is 0.222 e. The Bertz CT molecular complexity index is 439. The summed E-state index contributed by atoms with van der Waals surface area (Å²) in [6.07, 6.45) is 2.31. The van der Waals surface area contributed by atoms with Crippen LogP contribution in [0.5, 0.6) is 0 Å². The maximum Gasteiger partial charge on any atom is 0.222 e. The van der Waals surface area contributed by atoms with E-state index in [0.29, 0.717) is 12.3 Å². The summed E-state index contributed by atoms with van der Waals surface area (Å²) in [5, 5.41) is 9.11. The number of likely N-dealkylation sites (tertiary alicyclic amines) is 1. The van der Waals surface area contributed by atoms with Crippen molar-refractivity contribution in [3.8, 4) is 0 Å². The van der Waals surface area contributed by atoms with Crippen LogP contribution in [0.4, 0.5) is 0 Å². The van der Waals surface area contributed by atoms with Crippen molar-refractivity contribution < 1.29 is 9.90 Å². The van der Waals surface area contributed by atoms with Crippen molar-refractivity contribution in [3.05, 3.63) is 35.4 Å². The van der Waals surface area contributed by atoms with Gasteiger partial charge in [0.25, 0.3) is 0 Å². The van der Waals surface area contributed by atoms with Gasteiger partial charge < -0.3 is 10.0 Å². The van der Waals surface area contributed by atoms with Crippen LogP contribution in [0.3, 0.4) is 0 Å². The van der Waals surface area contributed by atoms with Gasteiger partial charge in [0, 0.05) is 32.0 Å². The molecule has 1 fully saturated rings. The highest BCUT2D eigenvalue weighted by Gasteiger charge is 2.25. The zero-order chi connectivity index (χ0) is 14.5. The molecule has 2 rings (SSSR count). The highest BCUT2D eigenvalue weighted by Crippen LogP contribution is 2.18. The van der Waals surface area contributed by atoms with Gasteiger partial charge in [-0.15, -0.1) is 0 Å². The summed E-state index contributed by atoms with van der Waals surface area (Å²) >= 11 is 0. The van der Waals surface area contributed by atoms with E-state index >= 15 is 0 Å². The first-order valence-corrected chi connectivity index (χ1v) is 7.57. The first-order valence-electron chi connectivity index (χ1n) is 7.57. The van der Waals surface area contributed by atoms with Crippen LogP contribution >= 0.6 is 0 Å². The summed E-state index contributed by atoms with van der Waals surface area (Å²) in [6.45, 7) is 6.09. The largest absolute Gasteiger partial charge is 0.396 e. The van der Waals surface area contributed by atoms with Crippen molar-refractivity contribution in [1.82, 2.24) is 4.90 Å². The molecule has 1 aromatic rings. The van der Waals surface area contributed by atoms with Crippen LogP contribution in [-0.4, -0.2) is 35.6 Å². The standard InChI is InChI=1S/C17H25NO2/c1-13(2)16-6-3-14(4-7-16)5-8-17(20)18-10-9-15(11-18)12-19/h3-4,6-7,13,15,19H,5,8-12H2,1-2H3. The topological polar surface area (TPSA) is 40.5 Å². The maximum absolute atomic E-state index is 12.1. The molecule has 3 heteroatoms. The summed E-state index contributed by atoms with van der Waals surface area (Å²) in [6, 6.07) is 8.57. The van der Waals surface area contributed by atoms with Crippen molar-refractivity contribution in [3.63, 3.8) is 0 Å². The van der Waals surface area contributed by atoms with Gasteiger partial charge in [0.05, 0.1) is 0 Å². The molecule has 0 bridgehead atoms. The van der Waals surface area contributed by atoms with Crippen LogP contribution in [-0.2, 0) is 11.2 Å². The fourth-order valence-corrected chi connectivity index (χ4v) is 2.69. The highest BCUT2D eigenvalue weighted by molar-refractivity contribution is 5.76. The number of hydrogen-bond acceptors (Lipinski definition) is 2. The van der Waals surface area contributed by atoms with E-state index in [2.05, 4.69) is 38.1 Å². The molecular weight excluding hydrogens is 250 g/mol. The summed E-state index contributed by atoms with van der Waals surface area (Å²) in [4.78, 5) is 14.0. The Morgan fingerprint density at radius 2 is 2.05 bits per heavy atom. The Morgan fingerprint density at radius 3 is 2.60 bits per heavy atom. The molecule has 0 aromatic heterocycles. The minimum absolute atomic E-state index is 0.195. The van der Waals surface area contributed by atoms with Gasteiger partial charge in [-0.25, -0.2) is 0 Å². The van der Waals surface area contributed by atoms with Gasteiger partial charge in [0.2, 0.25) is 5.91 Å². The predicted molar refractivity (Wildman–Crippen MR) is 80.6 cm³/mol. The van der Waals surface area contributed by atoms with Crippen molar-refractivity contribution in [1.29, 1.82) is 0 Å². The average molecular weight is 275 g/mol. The number of aliphatic hydroxyl groups is 1. The van der Waals surface area contributed by atoms with Crippen LogP contribution in [0.15, 0.2) is 24.3 Å². The Labute approximate surface area is 121 Å². The number of carbonyl (C=O) groups excluding carboxylic acids is 1. The second-order valence-electron chi connectivity index (χ2n) is 6.07. The number of nitrogens with zero attached hydrogens (tertiary/aromatic N) is 1. The van der Waals surface area contributed by atoms with E-state index < -0.39 is 0 Å². The van der Waals surface area contributed by atoms with Gasteiger partial charge in [-0.05, 0) is 29.9 Å². The van der Waals surface area contributed by atoms with E-state index in [9.17, 15) is 4.79 Å². The van der Waals surface area contributed by atoms with Gasteiger partial charge in [-0.2, -0.15) is 0 Å². The second kappa shape index (κ2) is 6.89. The number of hydrogen-bond donors (Lipinski definition) is 1. The molecular formula is C17H25NO2. The third kappa shape index (κ3) is 3.83. The molecule has 20 heavy (non-hydrogen) atoms. The Hall–Kier alpha value is -1.35. The maximum atomic E-state index is 12.1. The molecule has 1 aliphatic heterocycles. The van der Waals surface area contributed by atoms with E-state index in [1.54, 1.807) is 0 Å². The van der Waals surface area contributed by atoms with Crippen LogP contribution in [0.2, 0.25) is 0 Å². The molecule has 110 valence electrons. The monoisotopic (exact) mass is 275 g/mol. The average Bonchev–Trinajstić information content (AvgIpc) is 2.94. The molecule has 0 saturated carbocycles. The molecule has 1 N–H and O–H groups in total. The first-order chi connectivity index (χ1) is 9.60. The van der Waals surface area contributed by atoms with Gasteiger partial charge in [-0.1, -0.05) is 38.1 Å². The van der Waals surface area contributed by atoms with E-state index in [1.807, 2.05) is 4.90 Å². The number of rotatable bonds is 5. The lowest BCUT2D eigenvalue weighted by molar-refractivity contribution is -0.130. The molecule has 1 amide bonds. The summed E-state index contributed by atoms with van der Waals surface area (Å²) in [5.41, 5.74) is 2.56. The summed E-state index contributed by atoms with van der Waals surface area (Å²) < 4.78 is 0. The zero-order valence-corrected chi connectivity index (χ0v) is 12.5. The van der Waals surface area contributed by atoms with Crippen LogP contribution in [0.1, 0.15) is 43.7 Å². The van der Waals surface area contributed by atoms with Gasteiger partial charge in [0.1, 0.15) is 0 Å². The Balaban J connectivity index is 1.81. The number of carbonyl (C=O) groups is 1. The lowest BCUT2D eigenvalue weighted by Crippen LogP contribution is -2.29. The highest BCUT2D eigenvalue weighted by atomic mass is 16.3. The molecule has 1 unspecified atom stereocenters. The van der Waals surface area contributed by atoms with E-state index in [1.165, 1.54) is 11.1 Å². The quantitative estimate of drug-likeness (QED) is 0.897. The fourth-order valence-electron chi connectivity index (χ4n) is 2.69. The number of aliphatic hydroxyl groups excluding tert-OH is 1. The van der Waals surface area contributed by atoms with Crippen LogP contribution < -0.4 is 0 Å². The SMILES string of the molecule is CC(C)c1ccc(CCC(=O)N2CCC(CO)C2)cc1. The lowest BCUT2D eigenvalue weighted by atomic mass is 10.0. The molecule has 1 saturated heterocycles. The molecule has 0 aliphatic carbocycles. The van der Waals surface area contributed by atoms with Crippen molar-refractivity contribution in [2.75, 3.05) is 19.7 Å². The molecule has 0 spiro atoms. The summed E-state index contributed by atoms with van der Waals surface area (Å²) in [7, 11) is 0. The van der Waals surface area contributed by atoms with E-state index in [0.717, 1.165) is 25.9 Å². The van der Waals surface area contributed by atoms with Gasteiger partial charge >= 0.3 is 0 Å². The molecule has 1 atom stereocenters. The van der Waals surface area contributed by atoms with Gasteiger partial charge in [0.15, 0.2) is 0 Å². The first kappa shape index (κ1) is 15.0. The third-order valence-electron chi connectivity index (χ3n) is 4.17. The predicted octanol–water partition coefficient (Wildman–Crippen LogP) is 2.58. The number of aryl methyl sites for hydroxylation is 1. The molecule has 1 heterocycles. The fraction of sp³-hybridized carbons (Fsp3) is 0.588. The lowest BCUT2D eigenvalue weighted by Gasteiger charge is -2.16. The third-order valence-corrected chi connectivity index (χ3v) is 4.17. The minimum Gasteiger partial charge on any atom is -0.396 e. The van der Waals surface area contributed by atoms with E-state index in [4.69, 9.17) is 5.11 Å². The van der Waals surface area contributed by atoms with Crippen molar-refractivity contribution >= 4 is 5.91 Å². The number of amides is 1. The normalized spacial score (nSPS) is 18.8. The zero-order valence-electron chi connectivity index (χ0n) is 12.5.